The standard InChI is InChI=1S/C19H22N6OS/c1-5-9-25-18(15-8-6-7-13(2)10-15)21-22-19(25)27-12-17(26)20-16-11-14(3)23-24(16)4/h5-8,10-11H,1,9,12H2,2-4H3,(H,20,26). The van der Waals surface area contributed by atoms with E-state index in [1.54, 1.807) is 17.8 Å². The Labute approximate surface area is 162 Å². The van der Waals surface area contributed by atoms with Gasteiger partial charge in [-0.3, -0.25) is 14.0 Å². The number of anilines is 1. The van der Waals surface area contributed by atoms with E-state index >= 15 is 0 Å². The summed E-state index contributed by atoms with van der Waals surface area (Å²) in [4.78, 5) is 12.3. The van der Waals surface area contributed by atoms with Crippen LogP contribution < -0.4 is 5.32 Å². The molecule has 0 saturated carbocycles. The number of hydrogen-bond donors (Lipinski definition) is 1. The van der Waals surface area contributed by atoms with Crippen LogP contribution in [0.3, 0.4) is 0 Å². The molecule has 0 atom stereocenters. The first-order valence-electron chi connectivity index (χ1n) is 8.52. The molecule has 0 unspecified atom stereocenters. The second kappa shape index (κ2) is 8.22. The van der Waals surface area contributed by atoms with Gasteiger partial charge in [-0.15, -0.1) is 16.8 Å². The number of allylic oxidation sites excluding steroid dienone is 1. The molecule has 3 aromatic rings. The normalized spacial score (nSPS) is 10.8. The molecule has 2 aromatic heterocycles. The summed E-state index contributed by atoms with van der Waals surface area (Å²) in [7, 11) is 1.80. The number of aromatic nitrogens is 5. The summed E-state index contributed by atoms with van der Waals surface area (Å²) in [5.41, 5.74) is 3.00. The molecule has 140 valence electrons. The summed E-state index contributed by atoms with van der Waals surface area (Å²) in [6.45, 7) is 8.31. The number of nitrogens with one attached hydrogen (secondary N) is 1. The average Bonchev–Trinajstić information content (AvgIpc) is 3.16. The predicted octanol–water partition coefficient (Wildman–Crippen LogP) is 3.21. The number of thioether (sulfide) groups is 1. The van der Waals surface area contributed by atoms with Gasteiger partial charge in [-0.2, -0.15) is 5.10 Å². The minimum absolute atomic E-state index is 0.117. The van der Waals surface area contributed by atoms with Crippen LogP contribution in [0.1, 0.15) is 11.3 Å². The lowest BCUT2D eigenvalue weighted by Gasteiger charge is -2.08. The van der Waals surface area contributed by atoms with Crippen LogP contribution in [0.4, 0.5) is 5.82 Å². The molecule has 0 radical (unpaired) electrons. The molecule has 3 rings (SSSR count). The van der Waals surface area contributed by atoms with E-state index in [2.05, 4.69) is 33.3 Å². The van der Waals surface area contributed by atoms with Crippen LogP contribution in [0.2, 0.25) is 0 Å². The first kappa shape index (κ1) is 18.9. The fourth-order valence-electron chi connectivity index (χ4n) is 2.72. The van der Waals surface area contributed by atoms with Gasteiger partial charge in [-0.1, -0.05) is 41.6 Å². The molecule has 0 spiro atoms. The van der Waals surface area contributed by atoms with E-state index in [1.807, 2.05) is 42.7 Å². The van der Waals surface area contributed by atoms with Crippen molar-refractivity contribution in [3.63, 3.8) is 0 Å². The van der Waals surface area contributed by atoms with Gasteiger partial charge < -0.3 is 5.32 Å². The topological polar surface area (TPSA) is 77.6 Å². The SMILES string of the molecule is C=CCn1c(SCC(=O)Nc2cc(C)nn2C)nnc1-c1cccc(C)c1. The number of hydrogen-bond acceptors (Lipinski definition) is 5. The maximum absolute atomic E-state index is 12.3. The Morgan fingerprint density at radius 1 is 1.30 bits per heavy atom. The van der Waals surface area contributed by atoms with Gasteiger partial charge in [-0.05, 0) is 19.9 Å². The highest BCUT2D eigenvalue weighted by Crippen LogP contribution is 2.25. The van der Waals surface area contributed by atoms with Gasteiger partial charge in [0, 0.05) is 25.2 Å². The zero-order valence-corrected chi connectivity index (χ0v) is 16.5. The van der Waals surface area contributed by atoms with Crippen molar-refractivity contribution in [2.24, 2.45) is 7.05 Å². The Morgan fingerprint density at radius 3 is 2.78 bits per heavy atom. The number of carbonyl (C=O) groups excluding carboxylic acids is 1. The Morgan fingerprint density at radius 2 is 2.11 bits per heavy atom. The monoisotopic (exact) mass is 382 g/mol. The number of amides is 1. The van der Waals surface area contributed by atoms with E-state index < -0.39 is 0 Å². The molecular formula is C19H22N6OS. The van der Waals surface area contributed by atoms with Gasteiger partial charge in [0.2, 0.25) is 5.91 Å². The quantitative estimate of drug-likeness (QED) is 0.501. The molecule has 0 aliphatic rings. The smallest absolute Gasteiger partial charge is 0.235 e. The van der Waals surface area contributed by atoms with Crippen LogP contribution >= 0.6 is 11.8 Å². The second-order valence-electron chi connectivity index (χ2n) is 6.21. The summed E-state index contributed by atoms with van der Waals surface area (Å²) in [5.74, 6) is 1.55. The molecule has 1 amide bonds. The Balaban J connectivity index is 1.74. The van der Waals surface area contributed by atoms with Gasteiger partial charge >= 0.3 is 0 Å². The van der Waals surface area contributed by atoms with Crippen molar-refractivity contribution in [2.75, 3.05) is 11.1 Å². The summed E-state index contributed by atoms with van der Waals surface area (Å²) in [6.07, 6.45) is 1.80. The highest BCUT2D eigenvalue weighted by molar-refractivity contribution is 7.99. The molecule has 0 aliphatic heterocycles. The first-order chi connectivity index (χ1) is 13.0. The molecule has 1 N–H and O–H groups in total. The van der Waals surface area contributed by atoms with Crippen LogP contribution in [0.25, 0.3) is 11.4 Å². The largest absolute Gasteiger partial charge is 0.310 e. The average molecular weight is 382 g/mol. The first-order valence-corrected chi connectivity index (χ1v) is 9.51. The van der Waals surface area contributed by atoms with Crippen LogP contribution in [-0.2, 0) is 18.4 Å². The predicted molar refractivity (Wildman–Crippen MR) is 108 cm³/mol. The van der Waals surface area contributed by atoms with Crippen molar-refractivity contribution in [3.05, 3.63) is 54.2 Å². The zero-order valence-electron chi connectivity index (χ0n) is 15.6. The molecule has 1 aromatic carbocycles. The molecule has 0 bridgehead atoms. The highest BCUT2D eigenvalue weighted by Gasteiger charge is 2.15. The van der Waals surface area contributed by atoms with E-state index in [1.165, 1.54) is 11.8 Å². The third-order valence-corrected chi connectivity index (χ3v) is 4.87. The minimum Gasteiger partial charge on any atom is -0.310 e. The van der Waals surface area contributed by atoms with Crippen LogP contribution in [0.5, 0.6) is 0 Å². The second-order valence-corrected chi connectivity index (χ2v) is 7.15. The van der Waals surface area contributed by atoms with Crippen molar-refractivity contribution < 1.29 is 4.79 Å². The van der Waals surface area contributed by atoms with Crippen molar-refractivity contribution >= 4 is 23.5 Å². The van der Waals surface area contributed by atoms with E-state index in [9.17, 15) is 4.79 Å². The Hall–Kier alpha value is -2.87. The molecule has 8 heteroatoms. The molecule has 0 aliphatic carbocycles. The lowest BCUT2D eigenvalue weighted by Crippen LogP contribution is -2.16. The van der Waals surface area contributed by atoms with Gasteiger partial charge in [-0.25, -0.2) is 0 Å². The number of benzene rings is 1. The fraction of sp³-hybridized carbons (Fsp3) is 0.263. The third kappa shape index (κ3) is 4.46. The van der Waals surface area contributed by atoms with Crippen molar-refractivity contribution in [1.29, 1.82) is 0 Å². The lowest BCUT2D eigenvalue weighted by molar-refractivity contribution is -0.113. The summed E-state index contributed by atoms with van der Waals surface area (Å²) in [5, 5.41) is 16.4. The number of rotatable bonds is 7. The molecule has 27 heavy (non-hydrogen) atoms. The van der Waals surface area contributed by atoms with E-state index in [-0.39, 0.29) is 11.7 Å². The molecule has 0 saturated heterocycles. The van der Waals surface area contributed by atoms with E-state index in [4.69, 9.17) is 0 Å². The van der Waals surface area contributed by atoms with Crippen LogP contribution in [-0.4, -0.2) is 36.2 Å². The summed E-state index contributed by atoms with van der Waals surface area (Å²) >= 11 is 1.35. The third-order valence-electron chi connectivity index (χ3n) is 3.91. The fourth-order valence-corrected chi connectivity index (χ4v) is 3.47. The molecular weight excluding hydrogens is 360 g/mol. The summed E-state index contributed by atoms with van der Waals surface area (Å²) in [6, 6.07) is 9.93. The highest BCUT2D eigenvalue weighted by atomic mass is 32.2. The van der Waals surface area contributed by atoms with Gasteiger partial charge in [0.15, 0.2) is 11.0 Å². The number of nitrogens with zero attached hydrogens (tertiary/aromatic N) is 5. The maximum Gasteiger partial charge on any atom is 0.235 e. The lowest BCUT2D eigenvalue weighted by atomic mass is 10.1. The molecule has 2 heterocycles. The number of aryl methyl sites for hydroxylation is 3. The summed E-state index contributed by atoms with van der Waals surface area (Å²) < 4.78 is 3.61. The van der Waals surface area contributed by atoms with Crippen LogP contribution in [0.15, 0.2) is 48.1 Å². The Kier molecular flexibility index (Phi) is 5.75. The molecule has 7 nitrogen and oxygen atoms in total. The molecule has 0 fully saturated rings. The van der Waals surface area contributed by atoms with E-state index in [0.717, 1.165) is 22.6 Å². The van der Waals surface area contributed by atoms with Gasteiger partial charge in [0.25, 0.3) is 0 Å². The van der Waals surface area contributed by atoms with E-state index in [0.29, 0.717) is 17.5 Å². The zero-order chi connectivity index (χ0) is 19.4. The van der Waals surface area contributed by atoms with Crippen molar-refractivity contribution in [3.8, 4) is 11.4 Å². The van der Waals surface area contributed by atoms with Crippen molar-refractivity contribution in [2.45, 2.75) is 25.5 Å². The maximum atomic E-state index is 12.3. The Bertz CT molecular complexity index is 974. The number of carbonyl (C=O) groups is 1. The van der Waals surface area contributed by atoms with Gasteiger partial charge in [0.1, 0.15) is 5.82 Å². The van der Waals surface area contributed by atoms with Crippen LogP contribution in [0, 0.1) is 13.8 Å². The minimum atomic E-state index is -0.117. The van der Waals surface area contributed by atoms with Crippen molar-refractivity contribution in [1.82, 2.24) is 24.5 Å². The van der Waals surface area contributed by atoms with Gasteiger partial charge in [0.05, 0.1) is 11.4 Å².